The van der Waals surface area contributed by atoms with Crippen LogP contribution in [0.25, 0.3) is 0 Å². The third-order valence-corrected chi connectivity index (χ3v) is 8.92. The molecular formula is C33H40N8O10S3. The number of nitrogens with two attached hydrogens (primary N) is 1. The summed E-state index contributed by atoms with van der Waals surface area (Å²) in [6.07, 6.45) is 0. The number of para-hydroxylation sites is 2. The van der Waals surface area contributed by atoms with Crippen LogP contribution in [0.3, 0.4) is 0 Å². The highest BCUT2D eigenvalue weighted by atomic mass is 32.2. The number of ether oxygens (including phenoxy) is 2. The van der Waals surface area contributed by atoms with Gasteiger partial charge in [0.2, 0.25) is 45.8 Å². The molecule has 0 aliphatic carbocycles. The number of hydrogen-bond donors (Lipinski definition) is 7. The SMILES string of the molecule is CC(=O)NC(CSC(=O)C(CSC(=O)c1ccccc1OC(=O)c1ccccc1OC(=O)C(CS)NC(C)=O)NC(C)=O)C(=O)N/C(N)=N/C(=N)N(C)C. The quantitative estimate of drug-likeness (QED) is 0.0420. The van der Waals surface area contributed by atoms with Crippen LogP contribution in [-0.4, -0.2) is 112 Å². The summed E-state index contributed by atoms with van der Waals surface area (Å²) >= 11 is 5.29. The number of guanidine groups is 2. The molecule has 3 atom stereocenters. The van der Waals surface area contributed by atoms with Crippen LogP contribution < -0.4 is 36.5 Å². The largest absolute Gasteiger partial charge is 0.424 e. The van der Waals surface area contributed by atoms with Crippen LogP contribution in [-0.2, 0) is 28.8 Å². The normalized spacial score (nSPS) is 12.5. The lowest BCUT2D eigenvalue weighted by Crippen LogP contribution is -2.51. The zero-order chi connectivity index (χ0) is 40.5. The predicted molar refractivity (Wildman–Crippen MR) is 206 cm³/mol. The van der Waals surface area contributed by atoms with E-state index in [0.29, 0.717) is 23.5 Å². The number of esters is 2. The van der Waals surface area contributed by atoms with Gasteiger partial charge in [-0.25, -0.2) is 9.59 Å². The number of thiol groups is 1. The molecule has 7 N–H and O–H groups in total. The summed E-state index contributed by atoms with van der Waals surface area (Å²) in [6, 6.07) is 7.84. The van der Waals surface area contributed by atoms with Crippen LogP contribution in [0.5, 0.6) is 11.5 Å². The smallest absolute Gasteiger partial charge is 0.347 e. The summed E-state index contributed by atoms with van der Waals surface area (Å²) < 4.78 is 10.9. The first-order chi connectivity index (χ1) is 25.4. The van der Waals surface area contributed by atoms with E-state index in [9.17, 15) is 38.4 Å². The zero-order valence-electron chi connectivity index (χ0n) is 29.8. The lowest BCUT2D eigenvalue weighted by atomic mass is 10.2. The van der Waals surface area contributed by atoms with Crippen LogP contribution in [0.2, 0.25) is 0 Å². The molecule has 0 spiro atoms. The molecule has 290 valence electrons. The van der Waals surface area contributed by atoms with E-state index in [1.54, 1.807) is 0 Å². The lowest BCUT2D eigenvalue weighted by Gasteiger charge is -2.19. The number of thioether (sulfide) groups is 2. The molecule has 4 amide bonds. The second kappa shape index (κ2) is 22.0. The van der Waals surface area contributed by atoms with Gasteiger partial charge in [-0.15, -0.1) is 0 Å². The third-order valence-electron chi connectivity index (χ3n) is 6.50. The molecular weight excluding hydrogens is 765 g/mol. The summed E-state index contributed by atoms with van der Waals surface area (Å²) in [5.41, 5.74) is 5.48. The number of rotatable bonds is 15. The molecule has 18 nitrogen and oxygen atoms in total. The van der Waals surface area contributed by atoms with E-state index >= 15 is 0 Å². The monoisotopic (exact) mass is 804 g/mol. The Kier molecular flexibility index (Phi) is 18.2. The fraction of sp³-hybridized carbons (Fsp3) is 0.333. The van der Waals surface area contributed by atoms with Crippen molar-refractivity contribution in [2.24, 2.45) is 10.7 Å². The van der Waals surface area contributed by atoms with Gasteiger partial charge in [-0.05, 0) is 24.3 Å². The maximum atomic E-state index is 13.4. The number of benzene rings is 2. The van der Waals surface area contributed by atoms with Gasteiger partial charge in [-0.2, -0.15) is 17.6 Å². The molecule has 21 heteroatoms. The van der Waals surface area contributed by atoms with Crippen molar-refractivity contribution in [2.75, 3.05) is 31.4 Å². The molecule has 0 saturated heterocycles. The van der Waals surface area contributed by atoms with Gasteiger partial charge in [-0.1, -0.05) is 47.8 Å². The number of carbonyl (C=O) groups is 8. The molecule has 0 aromatic heterocycles. The molecule has 0 heterocycles. The van der Waals surface area contributed by atoms with Gasteiger partial charge in [0.1, 0.15) is 35.2 Å². The van der Waals surface area contributed by atoms with E-state index in [-0.39, 0.29) is 45.8 Å². The van der Waals surface area contributed by atoms with Crippen molar-refractivity contribution in [1.82, 2.24) is 26.2 Å². The number of hydrogen-bond acceptors (Lipinski definition) is 14. The molecule has 3 unspecified atom stereocenters. The van der Waals surface area contributed by atoms with Crippen molar-refractivity contribution in [3.05, 3.63) is 59.7 Å². The molecule has 2 aromatic rings. The Bertz CT molecular complexity index is 1810. The van der Waals surface area contributed by atoms with Gasteiger partial charge in [0.05, 0.1) is 5.56 Å². The van der Waals surface area contributed by atoms with Gasteiger partial charge < -0.3 is 36.1 Å². The van der Waals surface area contributed by atoms with Crippen LogP contribution in [0.4, 0.5) is 0 Å². The first kappa shape index (κ1) is 44.7. The van der Waals surface area contributed by atoms with Gasteiger partial charge in [0.15, 0.2) is 0 Å². The van der Waals surface area contributed by atoms with Crippen molar-refractivity contribution in [1.29, 1.82) is 5.41 Å². The molecule has 0 fully saturated rings. The van der Waals surface area contributed by atoms with E-state index < -0.39 is 69.9 Å². The maximum Gasteiger partial charge on any atom is 0.347 e. The molecule has 0 aliphatic heterocycles. The molecule has 0 saturated carbocycles. The van der Waals surface area contributed by atoms with Crippen molar-refractivity contribution >= 4 is 93.9 Å². The van der Waals surface area contributed by atoms with Crippen molar-refractivity contribution in [3.63, 3.8) is 0 Å². The number of aliphatic imine (C=N–C) groups is 1. The van der Waals surface area contributed by atoms with Crippen molar-refractivity contribution in [2.45, 2.75) is 38.9 Å². The fourth-order valence-electron chi connectivity index (χ4n) is 4.01. The van der Waals surface area contributed by atoms with Gasteiger partial charge in [-0.3, -0.25) is 39.5 Å². The summed E-state index contributed by atoms with van der Waals surface area (Å²) in [5.74, 6) is -5.98. The summed E-state index contributed by atoms with van der Waals surface area (Å²) in [6.45, 7) is 3.54. The van der Waals surface area contributed by atoms with Crippen molar-refractivity contribution in [3.8, 4) is 11.5 Å². The Labute approximate surface area is 324 Å². The van der Waals surface area contributed by atoms with E-state index in [4.69, 9.17) is 20.6 Å². The Morgan fingerprint density at radius 2 is 1.28 bits per heavy atom. The number of nitrogens with zero attached hydrogens (tertiary/aromatic N) is 2. The zero-order valence-corrected chi connectivity index (χ0v) is 32.3. The third kappa shape index (κ3) is 14.9. The number of carbonyl (C=O) groups excluding carboxylic acids is 8. The summed E-state index contributed by atoms with van der Waals surface area (Å²) in [4.78, 5) is 106. The van der Waals surface area contributed by atoms with E-state index in [1.165, 1.54) is 81.4 Å². The Hall–Kier alpha value is -5.41. The molecule has 2 aromatic carbocycles. The average Bonchev–Trinajstić information content (AvgIpc) is 3.10. The second-order valence-electron chi connectivity index (χ2n) is 11.2. The maximum absolute atomic E-state index is 13.4. The average molecular weight is 805 g/mol. The fourth-order valence-corrected chi connectivity index (χ4v) is 6.14. The number of nitrogens with one attached hydrogen (secondary N) is 5. The summed E-state index contributed by atoms with van der Waals surface area (Å²) in [5, 5.41) is 16.0. The van der Waals surface area contributed by atoms with E-state index in [0.717, 1.165) is 6.92 Å². The highest BCUT2D eigenvalue weighted by molar-refractivity contribution is 8.15. The van der Waals surface area contributed by atoms with Gasteiger partial charge in [0, 0.05) is 52.1 Å². The second-order valence-corrected chi connectivity index (χ2v) is 13.6. The predicted octanol–water partition coefficient (Wildman–Crippen LogP) is 0.316. The van der Waals surface area contributed by atoms with Crippen LogP contribution in [0, 0.1) is 5.41 Å². The van der Waals surface area contributed by atoms with Crippen LogP contribution in [0.1, 0.15) is 41.5 Å². The Balaban J connectivity index is 2.18. The minimum Gasteiger partial charge on any atom is -0.424 e. The van der Waals surface area contributed by atoms with E-state index in [2.05, 4.69) is 38.9 Å². The van der Waals surface area contributed by atoms with Gasteiger partial charge >= 0.3 is 11.9 Å². The standard InChI is InChI=1S/C33H40N8O10S3/c1-17(42)36-22(14-52)29(47)51-25-12-8-6-10-20(25)28(46)50-26-13-9-7-11-21(26)30(48)53-16-24(38-19(3)44)31(49)54-15-23(37-18(2)43)27(45)39-32(34)40-33(35)41(4)5/h6-13,22-24,52H,14-16H2,1-5H3,(H,36,42)(H,37,43)(H,38,44)(H4,34,35,39,40,45). The first-order valence-corrected chi connectivity index (χ1v) is 18.3. The molecule has 0 bridgehead atoms. The summed E-state index contributed by atoms with van der Waals surface area (Å²) in [7, 11) is 3.08. The molecule has 0 radical (unpaired) electrons. The molecule has 2 rings (SSSR count). The number of amides is 4. The first-order valence-electron chi connectivity index (χ1n) is 15.7. The highest BCUT2D eigenvalue weighted by Gasteiger charge is 2.28. The topological polar surface area (TPSA) is 269 Å². The van der Waals surface area contributed by atoms with E-state index in [1.807, 2.05) is 0 Å². The minimum absolute atomic E-state index is 0.0585. The Morgan fingerprint density at radius 1 is 0.778 bits per heavy atom. The van der Waals surface area contributed by atoms with Gasteiger partial charge in [0.25, 0.3) is 0 Å². The Morgan fingerprint density at radius 3 is 1.83 bits per heavy atom. The molecule has 0 aliphatic rings. The molecule has 54 heavy (non-hydrogen) atoms. The minimum atomic E-state index is -1.28. The highest BCUT2D eigenvalue weighted by Crippen LogP contribution is 2.27. The van der Waals surface area contributed by atoms with Crippen LogP contribution >= 0.6 is 36.2 Å². The lowest BCUT2D eigenvalue weighted by molar-refractivity contribution is -0.138. The van der Waals surface area contributed by atoms with Crippen LogP contribution in [0.15, 0.2) is 53.5 Å². The van der Waals surface area contributed by atoms with Crippen molar-refractivity contribution < 1.29 is 47.8 Å².